The monoisotopic (exact) mass is 242 g/mol. The Morgan fingerprint density at radius 3 is 2.67 bits per heavy atom. The van der Waals surface area contributed by atoms with Gasteiger partial charge in [-0.1, -0.05) is 37.8 Å². The molecule has 0 radical (unpaired) electrons. The maximum Gasteiger partial charge on any atom is 0.0978 e. The molecule has 1 saturated carbocycles. The second-order valence-electron chi connectivity index (χ2n) is 5.19. The third kappa shape index (κ3) is 2.36. The number of aromatic nitrogens is 2. The van der Waals surface area contributed by atoms with Crippen LogP contribution in [0.4, 0.5) is 0 Å². The Balaban J connectivity index is 1.80. The van der Waals surface area contributed by atoms with Crippen molar-refractivity contribution in [3.8, 4) is 0 Å². The normalized spacial score (nSPS) is 18.3. The largest absolute Gasteiger partial charge is 0.387 e. The second kappa shape index (κ2) is 5.02. The Labute approximate surface area is 107 Å². The lowest BCUT2D eigenvalue weighted by Crippen LogP contribution is -2.06. The van der Waals surface area contributed by atoms with Gasteiger partial charge in [-0.05, 0) is 24.5 Å². The molecule has 18 heavy (non-hydrogen) atoms. The standard InChI is InChI=1S/C15H18N2O/c18-15(9-11-5-1-2-6-11)14-10-16-12-7-3-4-8-13(12)17-14/h3-4,7-8,10-11,15,18H,1-2,5-6,9H2. The Hall–Kier alpha value is -1.48. The molecule has 3 rings (SSSR count). The van der Waals surface area contributed by atoms with Crippen molar-refractivity contribution in [2.24, 2.45) is 5.92 Å². The molecule has 1 aromatic heterocycles. The van der Waals surface area contributed by atoms with Gasteiger partial charge in [0.05, 0.1) is 29.0 Å². The van der Waals surface area contributed by atoms with Crippen LogP contribution in [0.5, 0.6) is 0 Å². The summed E-state index contributed by atoms with van der Waals surface area (Å²) in [7, 11) is 0. The lowest BCUT2D eigenvalue weighted by molar-refractivity contribution is 0.140. The lowest BCUT2D eigenvalue weighted by atomic mass is 9.98. The average Bonchev–Trinajstić information content (AvgIpc) is 2.91. The second-order valence-corrected chi connectivity index (χ2v) is 5.19. The molecule has 1 N–H and O–H groups in total. The quantitative estimate of drug-likeness (QED) is 0.898. The topological polar surface area (TPSA) is 46.0 Å². The van der Waals surface area contributed by atoms with Gasteiger partial charge in [0.15, 0.2) is 0 Å². The highest BCUT2D eigenvalue weighted by molar-refractivity contribution is 5.73. The third-order valence-corrected chi connectivity index (χ3v) is 3.84. The van der Waals surface area contributed by atoms with E-state index in [9.17, 15) is 5.11 Å². The van der Waals surface area contributed by atoms with E-state index in [0.29, 0.717) is 11.6 Å². The van der Waals surface area contributed by atoms with Crippen LogP contribution >= 0.6 is 0 Å². The van der Waals surface area contributed by atoms with Crippen molar-refractivity contribution in [1.82, 2.24) is 9.97 Å². The zero-order chi connectivity index (χ0) is 12.4. The molecule has 1 atom stereocenters. The highest BCUT2D eigenvalue weighted by Crippen LogP contribution is 2.32. The zero-order valence-corrected chi connectivity index (χ0v) is 10.4. The van der Waals surface area contributed by atoms with Crippen molar-refractivity contribution in [3.05, 3.63) is 36.2 Å². The van der Waals surface area contributed by atoms with Gasteiger partial charge in [0.25, 0.3) is 0 Å². The van der Waals surface area contributed by atoms with E-state index >= 15 is 0 Å². The Kier molecular flexibility index (Phi) is 3.24. The molecule has 1 aliphatic rings. The zero-order valence-electron chi connectivity index (χ0n) is 10.4. The number of hydrogen-bond donors (Lipinski definition) is 1. The van der Waals surface area contributed by atoms with E-state index < -0.39 is 6.10 Å². The van der Waals surface area contributed by atoms with Gasteiger partial charge in [0.1, 0.15) is 0 Å². The number of nitrogens with zero attached hydrogens (tertiary/aromatic N) is 2. The van der Waals surface area contributed by atoms with Gasteiger partial charge < -0.3 is 5.11 Å². The molecule has 1 heterocycles. The van der Waals surface area contributed by atoms with Gasteiger partial charge in [-0.2, -0.15) is 0 Å². The molecule has 94 valence electrons. The van der Waals surface area contributed by atoms with Crippen LogP contribution in [0, 0.1) is 5.92 Å². The SMILES string of the molecule is OC(CC1CCCC1)c1cnc2ccccc2n1. The molecule has 0 spiro atoms. The van der Waals surface area contributed by atoms with Crippen LogP contribution in [0.15, 0.2) is 30.5 Å². The van der Waals surface area contributed by atoms with Crippen LogP contribution in [-0.4, -0.2) is 15.1 Å². The average molecular weight is 242 g/mol. The fraction of sp³-hybridized carbons (Fsp3) is 0.467. The molecule has 0 aliphatic heterocycles. The maximum atomic E-state index is 10.2. The molecule has 1 unspecified atom stereocenters. The van der Waals surface area contributed by atoms with Gasteiger partial charge in [0, 0.05) is 0 Å². The fourth-order valence-electron chi connectivity index (χ4n) is 2.81. The first-order valence-electron chi connectivity index (χ1n) is 6.72. The van der Waals surface area contributed by atoms with Crippen molar-refractivity contribution in [2.45, 2.75) is 38.2 Å². The van der Waals surface area contributed by atoms with Crippen molar-refractivity contribution in [2.75, 3.05) is 0 Å². The molecular formula is C15H18N2O. The van der Waals surface area contributed by atoms with Crippen LogP contribution in [-0.2, 0) is 0 Å². The van der Waals surface area contributed by atoms with E-state index in [0.717, 1.165) is 17.5 Å². The molecular weight excluding hydrogens is 224 g/mol. The van der Waals surface area contributed by atoms with E-state index in [1.807, 2.05) is 24.3 Å². The van der Waals surface area contributed by atoms with Crippen LogP contribution in [0.25, 0.3) is 11.0 Å². The minimum Gasteiger partial charge on any atom is -0.387 e. The Bertz CT molecular complexity index is 535. The molecule has 1 aromatic carbocycles. The van der Waals surface area contributed by atoms with Gasteiger partial charge >= 0.3 is 0 Å². The van der Waals surface area contributed by atoms with Crippen LogP contribution in [0.1, 0.15) is 43.9 Å². The molecule has 1 aliphatic carbocycles. The number of rotatable bonds is 3. The molecule has 2 aromatic rings. The summed E-state index contributed by atoms with van der Waals surface area (Å²) in [6, 6.07) is 7.78. The maximum absolute atomic E-state index is 10.2. The van der Waals surface area contributed by atoms with Crippen molar-refractivity contribution >= 4 is 11.0 Å². The predicted octanol–water partition coefficient (Wildman–Crippen LogP) is 3.24. The molecule has 0 saturated heterocycles. The summed E-state index contributed by atoms with van der Waals surface area (Å²) in [5.74, 6) is 0.660. The summed E-state index contributed by atoms with van der Waals surface area (Å²) in [6.07, 6.45) is 7.18. The number of para-hydroxylation sites is 2. The van der Waals surface area contributed by atoms with E-state index in [4.69, 9.17) is 0 Å². The van der Waals surface area contributed by atoms with Crippen molar-refractivity contribution in [3.63, 3.8) is 0 Å². The van der Waals surface area contributed by atoms with Crippen LogP contribution < -0.4 is 0 Å². The minimum absolute atomic E-state index is 0.467. The Morgan fingerprint density at radius 1 is 1.17 bits per heavy atom. The number of fused-ring (bicyclic) bond motifs is 1. The number of hydrogen-bond acceptors (Lipinski definition) is 3. The first kappa shape index (κ1) is 11.6. The van der Waals surface area contributed by atoms with E-state index in [1.54, 1.807) is 6.20 Å². The Morgan fingerprint density at radius 2 is 1.89 bits per heavy atom. The summed E-state index contributed by atoms with van der Waals surface area (Å²) >= 11 is 0. The first-order chi connectivity index (χ1) is 8.83. The summed E-state index contributed by atoms with van der Waals surface area (Å²) in [6.45, 7) is 0. The van der Waals surface area contributed by atoms with Gasteiger partial charge in [-0.15, -0.1) is 0 Å². The predicted molar refractivity (Wildman–Crippen MR) is 71.1 cm³/mol. The van der Waals surface area contributed by atoms with Crippen LogP contribution in [0.3, 0.4) is 0 Å². The van der Waals surface area contributed by atoms with Crippen LogP contribution in [0.2, 0.25) is 0 Å². The molecule has 0 amide bonds. The summed E-state index contributed by atoms with van der Waals surface area (Å²) in [5, 5.41) is 10.2. The highest BCUT2D eigenvalue weighted by Gasteiger charge is 2.20. The summed E-state index contributed by atoms with van der Waals surface area (Å²) in [4.78, 5) is 8.86. The molecule has 3 nitrogen and oxygen atoms in total. The summed E-state index contributed by atoms with van der Waals surface area (Å²) in [5.41, 5.74) is 2.45. The smallest absolute Gasteiger partial charge is 0.0978 e. The number of benzene rings is 1. The molecule has 3 heteroatoms. The number of aliphatic hydroxyl groups is 1. The van der Waals surface area contributed by atoms with E-state index in [-0.39, 0.29) is 0 Å². The summed E-state index contributed by atoms with van der Waals surface area (Å²) < 4.78 is 0. The van der Waals surface area contributed by atoms with Crippen molar-refractivity contribution in [1.29, 1.82) is 0 Å². The molecule has 0 bridgehead atoms. The van der Waals surface area contributed by atoms with Gasteiger partial charge in [-0.3, -0.25) is 4.98 Å². The number of aliphatic hydroxyl groups excluding tert-OH is 1. The van der Waals surface area contributed by atoms with Crippen molar-refractivity contribution < 1.29 is 5.11 Å². The van der Waals surface area contributed by atoms with E-state index in [1.165, 1.54) is 25.7 Å². The van der Waals surface area contributed by atoms with E-state index in [2.05, 4.69) is 9.97 Å². The van der Waals surface area contributed by atoms with Gasteiger partial charge in [0.2, 0.25) is 0 Å². The third-order valence-electron chi connectivity index (χ3n) is 3.84. The lowest BCUT2D eigenvalue weighted by Gasteiger charge is -2.14. The minimum atomic E-state index is -0.467. The molecule has 1 fully saturated rings. The first-order valence-corrected chi connectivity index (χ1v) is 6.72. The highest BCUT2D eigenvalue weighted by atomic mass is 16.3. The fourth-order valence-corrected chi connectivity index (χ4v) is 2.81. The van der Waals surface area contributed by atoms with Gasteiger partial charge in [-0.25, -0.2) is 4.98 Å².